The van der Waals surface area contributed by atoms with Crippen molar-refractivity contribution in [2.45, 2.75) is 4.21 Å². The van der Waals surface area contributed by atoms with Crippen molar-refractivity contribution in [3.8, 4) is 11.4 Å². The predicted octanol–water partition coefficient (Wildman–Crippen LogP) is 3.74. The minimum Gasteiger partial charge on any atom is -0.270 e. The Bertz CT molecular complexity index is 1580. The maximum absolute atomic E-state index is 13.1. The summed E-state index contributed by atoms with van der Waals surface area (Å²) in [6.45, 7) is 0. The van der Waals surface area contributed by atoms with Crippen LogP contribution >= 0.6 is 11.3 Å². The van der Waals surface area contributed by atoms with E-state index in [4.69, 9.17) is 0 Å². The summed E-state index contributed by atoms with van der Waals surface area (Å²) in [5, 5.41) is 21.2. The molecule has 2 aromatic carbocycles. The Morgan fingerprint density at radius 1 is 1.03 bits per heavy atom. The minimum atomic E-state index is -3.85. The number of sulfonamides is 1. The maximum atomic E-state index is 13.1. The van der Waals surface area contributed by atoms with E-state index in [1.807, 2.05) is 12.1 Å². The van der Waals surface area contributed by atoms with Crippen molar-refractivity contribution in [2.75, 3.05) is 11.4 Å². The Balaban J connectivity index is 1.76. The number of nitrogens with zero attached hydrogens (tertiary/aromatic N) is 6. The van der Waals surface area contributed by atoms with Gasteiger partial charge in [-0.2, -0.15) is 0 Å². The number of fused-ring (bicyclic) bond motifs is 3. The molecule has 5 aromatic rings. The highest BCUT2D eigenvalue weighted by Crippen LogP contribution is 2.31. The molecule has 12 heteroatoms. The van der Waals surface area contributed by atoms with Crippen LogP contribution in [0.1, 0.15) is 0 Å². The zero-order valence-corrected chi connectivity index (χ0v) is 18.1. The lowest BCUT2D eigenvalue weighted by Crippen LogP contribution is -2.27. The summed E-state index contributed by atoms with van der Waals surface area (Å²) in [6, 6.07) is 16.3. The van der Waals surface area contributed by atoms with E-state index in [1.54, 1.807) is 40.1 Å². The van der Waals surface area contributed by atoms with Gasteiger partial charge in [-0.3, -0.25) is 14.5 Å². The summed E-state index contributed by atoms with van der Waals surface area (Å²) < 4.78 is 29.2. The summed E-state index contributed by atoms with van der Waals surface area (Å²) in [4.78, 5) is 15.1. The van der Waals surface area contributed by atoms with Gasteiger partial charge in [-0.1, -0.05) is 18.2 Å². The first-order valence-electron chi connectivity index (χ1n) is 9.29. The second-order valence-electron chi connectivity index (χ2n) is 6.82. The van der Waals surface area contributed by atoms with Crippen LogP contribution < -0.4 is 4.31 Å². The molecule has 0 unspecified atom stereocenters. The largest absolute Gasteiger partial charge is 0.274 e. The molecule has 10 nitrogen and oxygen atoms in total. The third-order valence-corrected chi connectivity index (χ3v) is 8.08. The highest BCUT2D eigenvalue weighted by atomic mass is 32.2. The fourth-order valence-corrected chi connectivity index (χ4v) is 5.67. The van der Waals surface area contributed by atoms with Gasteiger partial charge in [-0.25, -0.2) is 17.7 Å². The normalized spacial score (nSPS) is 11.8. The van der Waals surface area contributed by atoms with E-state index >= 15 is 0 Å². The maximum Gasteiger partial charge on any atom is 0.274 e. The van der Waals surface area contributed by atoms with E-state index in [2.05, 4.69) is 15.2 Å². The number of thiophene rings is 1. The van der Waals surface area contributed by atoms with Crippen LogP contribution in [-0.2, 0) is 10.0 Å². The van der Waals surface area contributed by atoms with Crippen LogP contribution in [0.5, 0.6) is 0 Å². The fourth-order valence-electron chi connectivity index (χ4n) is 3.36. The molecule has 0 bridgehead atoms. The first-order chi connectivity index (χ1) is 15.4. The summed E-state index contributed by atoms with van der Waals surface area (Å²) in [7, 11) is -2.42. The van der Waals surface area contributed by atoms with Crippen LogP contribution in [0.2, 0.25) is 0 Å². The Morgan fingerprint density at radius 3 is 2.47 bits per heavy atom. The lowest BCUT2D eigenvalue weighted by molar-refractivity contribution is -0.384. The van der Waals surface area contributed by atoms with Gasteiger partial charge in [0.1, 0.15) is 4.21 Å². The van der Waals surface area contributed by atoms with Gasteiger partial charge in [0.05, 0.1) is 16.0 Å². The molecule has 0 atom stereocenters. The molecule has 3 heterocycles. The van der Waals surface area contributed by atoms with Crippen molar-refractivity contribution in [3.63, 3.8) is 0 Å². The van der Waals surface area contributed by atoms with Crippen molar-refractivity contribution in [2.24, 2.45) is 0 Å². The average Bonchev–Trinajstić information content (AvgIpc) is 3.49. The molecular weight excluding hydrogens is 452 g/mol. The molecule has 0 fully saturated rings. The van der Waals surface area contributed by atoms with E-state index in [-0.39, 0.29) is 21.4 Å². The number of aromatic nitrogens is 4. The lowest BCUT2D eigenvalue weighted by Gasteiger charge is -2.18. The second kappa shape index (κ2) is 7.35. The van der Waals surface area contributed by atoms with Crippen LogP contribution in [0, 0.1) is 10.1 Å². The van der Waals surface area contributed by atoms with Crippen molar-refractivity contribution >= 4 is 49.5 Å². The molecule has 0 aliphatic carbocycles. The molecule has 0 spiro atoms. The summed E-state index contributed by atoms with van der Waals surface area (Å²) >= 11 is 1.11. The number of nitro groups is 1. The van der Waals surface area contributed by atoms with Gasteiger partial charge in [0.2, 0.25) is 5.65 Å². The van der Waals surface area contributed by atoms with Gasteiger partial charge >= 0.3 is 0 Å². The van der Waals surface area contributed by atoms with Crippen LogP contribution in [0.3, 0.4) is 0 Å². The molecule has 5 rings (SSSR count). The number of anilines is 1. The summed E-state index contributed by atoms with van der Waals surface area (Å²) in [5.41, 5.74) is 2.02. The highest BCUT2D eigenvalue weighted by Gasteiger charge is 2.28. The molecule has 0 radical (unpaired) electrons. The summed E-state index contributed by atoms with van der Waals surface area (Å²) in [5.74, 6) is 0.537. The number of nitro benzene ring substituents is 1. The highest BCUT2D eigenvalue weighted by molar-refractivity contribution is 7.94. The molecule has 32 heavy (non-hydrogen) atoms. The molecule has 160 valence electrons. The van der Waals surface area contributed by atoms with Gasteiger partial charge < -0.3 is 0 Å². The third kappa shape index (κ3) is 3.08. The number of hydrogen-bond donors (Lipinski definition) is 0. The predicted molar refractivity (Wildman–Crippen MR) is 120 cm³/mol. The first-order valence-corrected chi connectivity index (χ1v) is 11.6. The Morgan fingerprint density at radius 2 is 1.78 bits per heavy atom. The standard InChI is InChI=1S/C20H14N6O4S2/c1-24(32(29,30)17-7-4-12-31-17)19-20-23-22-18(13-8-10-14(11-9-13)26(27)28)25(20)16-6-3-2-5-15(16)21-19/h2-12H,1H3. The third-order valence-electron chi connectivity index (χ3n) is 4.96. The number of para-hydroxylation sites is 2. The second-order valence-corrected chi connectivity index (χ2v) is 9.96. The fraction of sp³-hybridized carbons (Fsp3) is 0.0500. The molecule has 0 saturated carbocycles. The molecule has 3 aromatic heterocycles. The molecule has 0 saturated heterocycles. The quantitative estimate of drug-likeness (QED) is 0.285. The van der Waals surface area contributed by atoms with Crippen LogP contribution in [0.15, 0.2) is 70.3 Å². The molecule has 0 N–H and O–H groups in total. The Kier molecular flexibility index (Phi) is 4.60. The smallest absolute Gasteiger partial charge is 0.270 e. The lowest BCUT2D eigenvalue weighted by atomic mass is 10.2. The average molecular weight is 467 g/mol. The van der Waals surface area contributed by atoms with E-state index in [1.165, 1.54) is 25.2 Å². The van der Waals surface area contributed by atoms with Gasteiger partial charge in [0, 0.05) is 24.7 Å². The summed E-state index contributed by atoms with van der Waals surface area (Å²) in [6.07, 6.45) is 0. The molecule has 0 aliphatic rings. The number of benzene rings is 2. The number of rotatable bonds is 5. The Labute approximate surface area is 185 Å². The molecule has 0 amide bonds. The van der Waals surface area contributed by atoms with Crippen LogP contribution in [0.4, 0.5) is 11.5 Å². The van der Waals surface area contributed by atoms with Crippen molar-refractivity contribution in [3.05, 3.63) is 76.2 Å². The Hall–Kier alpha value is -3.90. The monoisotopic (exact) mass is 466 g/mol. The van der Waals surface area contributed by atoms with Gasteiger partial charge in [-0.15, -0.1) is 21.5 Å². The van der Waals surface area contributed by atoms with E-state index < -0.39 is 14.9 Å². The first kappa shape index (κ1) is 20.0. The number of hydrogen-bond acceptors (Lipinski definition) is 8. The zero-order valence-electron chi connectivity index (χ0n) is 16.5. The van der Waals surface area contributed by atoms with E-state index in [9.17, 15) is 18.5 Å². The zero-order chi connectivity index (χ0) is 22.5. The van der Waals surface area contributed by atoms with Crippen molar-refractivity contribution in [1.82, 2.24) is 19.6 Å². The van der Waals surface area contributed by atoms with E-state index in [0.29, 0.717) is 22.4 Å². The minimum absolute atomic E-state index is 0.0449. The van der Waals surface area contributed by atoms with Crippen molar-refractivity contribution in [1.29, 1.82) is 0 Å². The van der Waals surface area contributed by atoms with Gasteiger partial charge in [0.15, 0.2) is 11.6 Å². The topological polar surface area (TPSA) is 124 Å². The SMILES string of the molecule is CN(c1nc2ccccc2n2c(-c3ccc([N+](=O)[O-])cc3)nnc12)S(=O)(=O)c1cccs1. The van der Waals surface area contributed by atoms with Gasteiger partial charge in [0.25, 0.3) is 15.7 Å². The van der Waals surface area contributed by atoms with Crippen LogP contribution in [-0.4, -0.2) is 40.0 Å². The molecular formula is C20H14N6O4S2. The number of non-ortho nitro benzene ring substituents is 1. The van der Waals surface area contributed by atoms with E-state index in [0.717, 1.165) is 15.6 Å². The van der Waals surface area contributed by atoms with Gasteiger partial charge in [-0.05, 0) is 35.7 Å². The van der Waals surface area contributed by atoms with Crippen molar-refractivity contribution < 1.29 is 13.3 Å². The molecule has 0 aliphatic heterocycles. The van der Waals surface area contributed by atoms with Crippen LogP contribution in [0.25, 0.3) is 28.1 Å².